The number of anilines is 1. The maximum Gasteiger partial charge on any atom is 0.231 e. The van der Waals surface area contributed by atoms with Crippen LogP contribution in [0.3, 0.4) is 0 Å². The van der Waals surface area contributed by atoms with Crippen LogP contribution in [0, 0.1) is 0 Å². The second-order valence-corrected chi connectivity index (χ2v) is 5.25. The average Bonchev–Trinajstić information content (AvgIpc) is 2.68. The lowest BCUT2D eigenvalue weighted by atomic mass is 10.1. The van der Waals surface area contributed by atoms with Gasteiger partial charge in [-0.15, -0.1) is 0 Å². The number of rotatable bonds is 2. The molecule has 3 nitrogen and oxygen atoms in total. The van der Waals surface area contributed by atoms with Crippen molar-refractivity contribution in [2.45, 2.75) is 19.3 Å². The fourth-order valence-corrected chi connectivity index (χ4v) is 2.72. The summed E-state index contributed by atoms with van der Waals surface area (Å²) in [6, 6.07) is 17.1. The van der Waals surface area contributed by atoms with Crippen LogP contribution in [-0.4, -0.2) is 18.2 Å². The van der Waals surface area contributed by atoms with E-state index in [1.807, 2.05) is 54.6 Å². The van der Waals surface area contributed by atoms with E-state index < -0.39 is 0 Å². The summed E-state index contributed by atoms with van der Waals surface area (Å²) in [4.78, 5) is 26.5. The Morgan fingerprint density at radius 1 is 1.00 bits per heavy atom. The van der Waals surface area contributed by atoms with Crippen molar-refractivity contribution in [3.63, 3.8) is 0 Å². The van der Waals surface area contributed by atoms with E-state index in [-0.39, 0.29) is 11.7 Å². The Morgan fingerprint density at radius 2 is 1.71 bits per heavy atom. The largest absolute Gasteiger partial charge is 0.311 e. The molecule has 1 aliphatic rings. The van der Waals surface area contributed by atoms with Gasteiger partial charge < -0.3 is 4.90 Å². The molecule has 1 heterocycles. The molecule has 1 aliphatic heterocycles. The number of hydrogen-bond donors (Lipinski definition) is 0. The number of carbonyl (C=O) groups is 2. The molecule has 3 rings (SSSR count). The first kappa shape index (κ1) is 13.6. The van der Waals surface area contributed by atoms with E-state index in [0.29, 0.717) is 31.4 Å². The maximum atomic E-state index is 12.6. The first-order valence-corrected chi connectivity index (χ1v) is 7.22. The van der Waals surface area contributed by atoms with Crippen molar-refractivity contribution >= 4 is 17.4 Å². The second kappa shape index (κ2) is 5.92. The number of hydrogen-bond acceptors (Lipinski definition) is 2. The van der Waals surface area contributed by atoms with E-state index in [0.717, 1.165) is 11.3 Å². The molecule has 0 bridgehead atoms. The van der Waals surface area contributed by atoms with Gasteiger partial charge >= 0.3 is 0 Å². The van der Waals surface area contributed by atoms with Crippen LogP contribution >= 0.6 is 0 Å². The van der Waals surface area contributed by atoms with Crippen molar-refractivity contribution in [3.05, 3.63) is 65.7 Å². The van der Waals surface area contributed by atoms with Gasteiger partial charge in [-0.25, -0.2) is 0 Å². The number of para-hydroxylation sites is 1. The Morgan fingerprint density at radius 3 is 2.52 bits per heavy atom. The van der Waals surface area contributed by atoms with Crippen LogP contribution in [-0.2, 0) is 11.2 Å². The molecule has 0 saturated carbocycles. The topological polar surface area (TPSA) is 37.4 Å². The summed E-state index contributed by atoms with van der Waals surface area (Å²) in [6.07, 6.45) is 1.59. The molecular formula is C18H17NO2. The van der Waals surface area contributed by atoms with E-state index in [1.165, 1.54) is 0 Å². The maximum absolute atomic E-state index is 12.6. The monoisotopic (exact) mass is 279 g/mol. The zero-order valence-corrected chi connectivity index (χ0v) is 11.8. The van der Waals surface area contributed by atoms with Crippen LogP contribution < -0.4 is 4.90 Å². The van der Waals surface area contributed by atoms with Crippen molar-refractivity contribution in [1.29, 1.82) is 0 Å². The molecule has 0 N–H and O–H groups in total. The van der Waals surface area contributed by atoms with Gasteiger partial charge in [0.25, 0.3) is 0 Å². The summed E-state index contributed by atoms with van der Waals surface area (Å²) < 4.78 is 0. The SMILES string of the molecule is O=C1CCCN(C(=O)Cc2ccccc2)c2ccccc21. The number of nitrogens with zero attached hydrogens (tertiary/aromatic N) is 1. The van der Waals surface area contributed by atoms with Crippen LogP contribution in [0.4, 0.5) is 5.69 Å². The summed E-state index contributed by atoms with van der Waals surface area (Å²) in [7, 11) is 0. The molecular weight excluding hydrogens is 262 g/mol. The van der Waals surface area contributed by atoms with E-state index >= 15 is 0 Å². The van der Waals surface area contributed by atoms with Crippen molar-refractivity contribution in [2.24, 2.45) is 0 Å². The Bertz CT molecular complexity index is 664. The number of benzene rings is 2. The quantitative estimate of drug-likeness (QED) is 0.846. The normalized spacial score (nSPS) is 14.5. The standard InChI is InChI=1S/C18H17NO2/c20-17-11-6-12-19(16-10-5-4-9-15(16)17)18(21)13-14-7-2-1-3-8-14/h1-5,7-10H,6,11-13H2. The van der Waals surface area contributed by atoms with Crippen molar-refractivity contribution in [3.8, 4) is 0 Å². The van der Waals surface area contributed by atoms with Gasteiger partial charge in [0.15, 0.2) is 5.78 Å². The van der Waals surface area contributed by atoms with E-state index in [9.17, 15) is 9.59 Å². The van der Waals surface area contributed by atoms with E-state index in [1.54, 1.807) is 4.90 Å². The van der Waals surface area contributed by atoms with E-state index in [2.05, 4.69) is 0 Å². The molecule has 0 spiro atoms. The van der Waals surface area contributed by atoms with Gasteiger partial charge in [0.1, 0.15) is 0 Å². The summed E-state index contributed by atoms with van der Waals surface area (Å²) in [5.41, 5.74) is 2.41. The number of carbonyl (C=O) groups excluding carboxylic acids is 2. The first-order chi connectivity index (χ1) is 10.3. The highest BCUT2D eigenvalue weighted by molar-refractivity contribution is 6.07. The number of ketones is 1. The average molecular weight is 279 g/mol. The number of fused-ring (bicyclic) bond motifs is 1. The summed E-state index contributed by atoms with van der Waals surface area (Å²) in [6.45, 7) is 0.606. The fraction of sp³-hybridized carbons (Fsp3) is 0.222. The Balaban J connectivity index is 1.89. The zero-order chi connectivity index (χ0) is 14.7. The van der Waals surface area contributed by atoms with Crippen LogP contribution in [0.2, 0.25) is 0 Å². The second-order valence-electron chi connectivity index (χ2n) is 5.25. The summed E-state index contributed by atoms with van der Waals surface area (Å²) in [5, 5.41) is 0. The molecule has 106 valence electrons. The van der Waals surface area contributed by atoms with Gasteiger partial charge in [-0.2, -0.15) is 0 Å². The third kappa shape index (κ3) is 2.87. The number of amides is 1. The van der Waals surface area contributed by atoms with Crippen molar-refractivity contribution in [1.82, 2.24) is 0 Å². The third-order valence-corrected chi connectivity index (χ3v) is 3.78. The van der Waals surface area contributed by atoms with Crippen LogP contribution in [0.15, 0.2) is 54.6 Å². The lowest BCUT2D eigenvalue weighted by molar-refractivity contribution is -0.118. The highest BCUT2D eigenvalue weighted by atomic mass is 16.2. The molecule has 0 unspecified atom stereocenters. The third-order valence-electron chi connectivity index (χ3n) is 3.78. The Labute approximate surface area is 124 Å². The lowest BCUT2D eigenvalue weighted by Crippen LogP contribution is -2.33. The number of Topliss-reactive ketones (excluding diaryl/α,β-unsaturated/α-hetero) is 1. The van der Waals surface area contributed by atoms with Crippen molar-refractivity contribution < 1.29 is 9.59 Å². The molecule has 0 aromatic heterocycles. The van der Waals surface area contributed by atoms with E-state index in [4.69, 9.17) is 0 Å². The van der Waals surface area contributed by atoms with Gasteiger partial charge in [-0.3, -0.25) is 9.59 Å². The van der Waals surface area contributed by atoms with Crippen molar-refractivity contribution in [2.75, 3.05) is 11.4 Å². The highest BCUT2D eigenvalue weighted by Gasteiger charge is 2.24. The molecule has 3 heteroatoms. The highest BCUT2D eigenvalue weighted by Crippen LogP contribution is 2.26. The van der Waals surface area contributed by atoms with Crippen LogP contribution in [0.5, 0.6) is 0 Å². The summed E-state index contributed by atoms with van der Waals surface area (Å²) in [5.74, 6) is 0.170. The summed E-state index contributed by atoms with van der Waals surface area (Å²) >= 11 is 0. The van der Waals surface area contributed by atoms with Gasteiger partial charge in [-0.1, -0.05) is 42.5 Å². The van der Waals surface area contributed by atoms with Gasteiger partial charge in [0.2, 0.25) is 5.91 Å². The molecule has 0 radical (unpaired) electrons. The molecule has 0 fully saturated rings. The minimum atomic E-state index is 0.0448. The molecule has 1 amide bonds. The Hall–Kier alpha value is -2.42. The molecule has 0 aliphatic carbocycles. The Kier molecular flexibility index (Phi) is 3.82. The predicted octanol–water partition coefficient (Wildman–Crippen LogP) is 3.24. The van der Waals surface area contributed by atoms with Gasteiger partial charge in [0.05, 0.1) is 12.1 Å². The molecule has 0 saturated heterocycles. The smallest absolute Gasteiger partial charge is 0.231 e. The minimum absolute atomic E-state index is 0.0448. The zero-order valence-electron chi connectivity index (χ0n) is 11.8. The molecule has 2 aromatic rings. The predicted molar refractivity (Wildman–Crippen MR) is 82.5 cm³/mol. The molecule has 0 atom stereocenters. The van der Waals surface area contributed by atoms with Crippen LogP contribution in [0.25, 0.3) is 0 Å². The van der Waals surface area contributed by atoms with Crippen LogP contribution in [0.1, 0.15) is 28.8 Å². The lowest BCUT2D eigenvalue weighted by Gasteiger charge is -2.22. The van der Waals surface area contributed by atoms with Gasteiger partial charge in [0, 0.05) is 18.5 Å². The fourth-order valence-electron chi connectivity index (χ4n) is 2.72. The molecule has 2 aromatic carbocycles. The first-order valence-electron chi connectivity index (χ1n) is 7.22. The van der Waals surface area contributed by atoms with Gasteiger partial charge in [-0.05, 0) is 24.1 Å². The minimum Gasteiger partial charge on any atom is -0.311 e. The molecule has 21 heavy (non-hydrogen) atoms.